The number of nitro groups is 1. The molecule has 0 aliphatic carbocycles. The second-order valence-corrected chi connectivity index (χ2v) is 7.73. The Morgan fingerprint density at radius 3 is 2.42 bits per heavy atom. The summed E-state index contributed by atoms with van der Waals surface area (Å²) in [6.07, 6.45) is 10.4. The maximum atomic E-state index is 12.3. The normalized spacial score (nSPS) is 12.1. The minimum absolute atomic E-state index is 0.105. The second kappa shape index (κ2) is 16.3. The molecule has 0 saturated heterocycles. The van der Waals surface area contributed by atoms with Gasteiger partial charge in [-0.25, -0.2) is 4.79 Å². The molecular weight excluding hydrogens is 428 g/mol. The number of hydrogen-bond donors (Lipinski definition) is 1. The zero-order chi connectivity index (χ0) is 24.5. The number of nitro benzene ring substituents is 1. The molecule has 182 valence electrons. The van der Waals surface area contributed by atoms with Crippen molar-refractivity contribution in [1.82, 2.24) is 5.32 Å². The Morgan fingerprint density at radius 1 is 1.09 bits per heavy atom. The van der Waals surface area contributed by atoms with Crippen molar-refractivity contribution in [2.24, 2.45) is 5.92 Å². The zero-order valence-electron chi connectivity index (χ0n) is 19.5. The fraction of sp³-hybridized carbons (Fsp3) is 0.500. The number of unbranched alkanes of at least 4 members (excludes halogenated alkanes) is 3. The lowest BCUT2D eigenvalue weighted by Gasteiger charge is -2.18. The van der Waals surface area contributed by atoms with E-state index in [4.69, 9.17) is 14.2 Å². The number of ether oxygens (including phenoxy) is 3. The first kappa shape index (κ1) is 27.7. The average molecular weight is 463 g/mol. The number of carbonyl (C=O) groups excluding carboxylic acids is 2. The van der Waals surface area contributed by atoms with Gasteiger partial charge in [-0.15, -0.1) is 0 Å². The topological polar surface area (TPSA) is 117 Å². The van der Waals surface area contributed by atoms with Gasteiger partial charge in [-0.05, 0) is 56.2 Å². The van der Waals surface area contributed by atoms with Crippen LogP contribution in [0.15, 0.2) is 48.8 Å². The molecule has 0 aliphatic heterocycles. The minimum Gasteiger partial charge on any atom is -0.505 e. The fourth-order valence-electron chi connectivity index (χ4n) is 2.79. The van der Waals surface area contributed by atoms with Crippen molar-refractivity contribution in [3.05, 3.63) is 58.9 Å². The molecule has 1 atom stereocenters. The van der Waals surface area contributed by atoms with Crippen molar-refractivity contribution in [1.29, 1.82) is 0 Å². The van der Waals surface area contributed by atoms with Gasteiger partial charge < -0.3 is 19.5 Å². The van der Waals surface area contributed by atoms with Crippen LogP contribution in [-0.2, 0) is 14.3 Å². The Labute approximate surface area is 194 Å². The van der Waals surface area contributed by atoms with Gasteiger partial charge in [-0.3, -0.25) is 14.9 Å². The van der Waals surface area contributed by atoms with Gasteiger partial charge in [0.1, 0.15) is 5.75 Å². The van der Waals surface area contributed by atoms with E-state index in [9.17, 15) is 19.7 Å². The quantitative estimate of drug-likeness (QED) is 0.0522. The summed E-state index contributed by atoms with van der Waals surface area (Å²) in [5.41, 5.74) is -0.121. The lowest BCUT2D eigenvalue weighted by Crippen LogP contribution is -2.39. The molecule has 1 unspecified atom stereocenters. The van der Waals surface area contributed by atoms with E-state index in [0.717, 1.165) is 19.3 Å². The van der Waals surface area contributed by atoms with Crippen molar-refractivity contribution in [3.8, 4) is 5.75 Å². The smallest absolute Gasteiger partial charge is 0.505 e. The van der Waals surface area contributed by atoms with Gasteiger partial charge in [0, 0.05) is 25.0 Å². The number of allylic oxidation sites excluding steroid dienone is 3. The van der Waals surface area contributed by atoms with Crippen LogP contribution >= 0.6 is 0 Å². The third-order valence-corrected chi connectivity index (χ3v) is 4.42. The fourth-order valence-corrected chi connectivity index (χ4v) is 2.79. The van der Waals surface area contributed by atoms with Crippen molar-refractivity contribution in [3.63, 3.8) is 0 Å². The van der Waals surface area contributed by atoms with Crippen LogP contribution in [0.5, 0.6) is 5.75 Å². The number of hydrogen-bond acceptors (Lipinski definition) is 7. The van der Waals surface area contributed by atoms with E-state index in [1.54, 1.807) is 13.4 Å². The maximum Gasteiger partial charge on any atom is 0.515 e. The van der Waals surface area contributed by atoms with Gasteiger partial charge in [0.2, 0.25) is 5.91 Å². The first-order valence-corrected chi connectivity index (χ1v) is 11.1. The molecule has 9 heteroatoms. The standard InChI is InChI=1S/C24H34N2O7/c1-19(2)11-7-4-5-8-12-22(27)25-23(13-9-6-10-18-31-3)33-24(28)32-21-16-14-20(15-17-21)26(29)30/h7,10-11,14-19,23H,4-6,8-9,12-13H2,1-3H3,(H,25,27)/b11-7+,18-10+. The van der Waals surface area contributed by atoms with Crippen LogP contribution in [0.3, 0.4) is 0 Å². The lowest BCUT2D eigenvalue weighted by molar-refractivity contribution is -0.384. The van der Waals surface area contributed by atoms with E-state index in [-0.39, 0.29) is 17.3 Å². The number of methoxy groups -OCH3 is 1. The summed E-state index contributed by atoms with van der Waals surface area (Å²) in [7, 11) is 1.55. The molecule has 33 heavy (non-hydrogen) atoms. The average Bonchev–Trinajstić information content (AvgIpc) is 2.76. The van der Waals surface area contributed by atoms with Crippen LogP contribution < -0.4 is 10.1 Å². The molecule has 0 heterocycles. The summed E-state index contributed by atoms with van der Waals surface area (Å²) in [5, 5.41) is 13.5. The number of rotatable bonds is 15. The zero-order valence-corrected chi connectivity index (χ0v) is 19.5. The summed E-state index contributed by atoms with van der Waals surface area (Å²) in [5.74, 6) is 0.410. The van der Waals surface area contributed by atoms with Crippen LogP contribution in [-0.4, -0.2) is 30.3 Å². The molecule has 1 aromatic rings. The predicted molar refractivity (Wildman–Crippen MR) is 125 cm³/mol. The molecule has 1 aromatic carbocycles. The van der Waals surface area contributed by atoms with E-state index in [0.29, 0.717) is 31.6 Å². The van der Waals surface area contributed by atoms with Crippen molar-refractivity contribution < 1.29 is 28.7 Å². The molecule has 0 radical (unpaired) electrons. The molecular formula is C24H34N2O7. The number of nitrogens with one attached hydrogen (secondary N) is 1. The van der Waals surface area contributed by atoms with E-state index in [2.05, 4.69) is 31.3 Å². The summed E-state index contributed by atoms with van der Waals surface area (Å²) >= 11 is 0. The minimum atomic E-state index is -1.000. The molecule has 0 fully saturated rings. The highest BCUT2D eigenvalue weighted by Crippen LogP contribution is 2.18. The van der Waals surface area contributed by atoms with Gasteiger partial charge in [-0.2, -0.15) is 0 Å². The monoisotopic (exact) mass is 462 g/mol. The predicted octanol–water partition coefficient (Wildman–Crippen LogP) is 5.66. The molecule has 1 N–H and O–H groups in total. The van der Waals surface area contributed by atoms with Crippen molar-refractivity contribution in [2.45, 2.75) is 65.0 Å². The first-order valence-electron chi connectivity index (χ1n) is 11.1. The number of benzene rings is 1. The van der Waals surface area contributed by atoms with Gasteiger partial charge in [0.25, 0.3) is 5.69 Å². The molecule has 0 bridgehead atoms. The Kier molecular flexibility index (Phi) is 13.7. The Hall–Kier alpha value is -3.36. The van der Waals surface area contributed by atoms with Crippen molar-refractivity contribution in [2.75, 3.05) is 7.11 Å². The Morgan fingerprint density at radius 2 is 1.79 bits per heavy atom. The van der Waals surface area contributed by atoms with Gasteiger partial charge in [0.15, 0.2) is 6.23 Å². The lowest BCUT2D eigenvalue weighted by atomic mass is 10.1. The summed E-state index contributed by atoms with van der Waals surface area (Å²) < 4.78 is 15.2. The van der Waals surface area contributed by atoms with E-state index in [1.807, 2.05) is 6.08 Å². The van der Waals surface area contributed by atoms with Gasteiger partial charge in [-0.1, -0.05) is 26.0 Å². The van der Waals surface area contributed by atoms with Crippen LogP contribution in [0.2, 0.25) is 0 Å². The van der Waals surface area contributed by atoms with Crippen LogP contribution in [0.4, 0.5) is 10.5 Å². The SMILES string of the molecule is CO/C=C/CCCC(NC(=O)CCCC/C=C/C(C)C)OC(=O)Oc1ccc([N+](=O)[O-])cc1. The van der Waals surface area contributed by atoms with E-state index in [1.165, 1.54) is 24.3 Å². The van der Waals surface area contributed by atoms with E-state index >= 15 is 0 Å². The first-order chi connectivity index (χ1) is 15.8. The van der Waals surface area contributed by atoms with Gasteiger partial charge >= 0.3 is 6.16 Å². The Bertz CT molecular complexity index is 789. The molecule has 0 spiro atoms. The second-order valence-electron chi connectivity index (χ2n) is 7.73. The number of carbonyl (C=O) groups is 2. The number of amides is 1. The molecule has 9 nitrogen and oxygen atoms in total. The number of nitrogens with zero attached hydrogens (tertiary/aromatic N) is 1. The molecule has 1 rings (SSSR count). The third-order valence-electron chi connectivity index (χ3n) is 4.42. The Balaban J connectivity index is 2.55. The summed E-state index contributed by atoms with van der Waals surface area (Å²) in [6, 6.07) is 5.05. The summed E-state index contributed by atoms with van der Waals surface area (Å²) in [4.78, 5) is 34.7. The molecule has 0 saturated carbocycles. The van der Waals surface area contributed by atoms with E-state index < -0.39 is 17.3 Å². The highest BCUT2D eigenvalue weighted by atomic mass is 16.7. The summed E-state index contributed by atoms with van der Waals surface area (Å²) in [6.45, 7) is 4.23. The van der Waals surface area contributed by atoms with Crippen LogP contribution in [0.25, 0.3) is 0 Å². The molecule has 0 aliphatic rings. The molecule has 0 aromatic heterocycles. The van der Waals surface area contributed by atoms with Gasteiger partial charge in [0.05, 0.1) is 18.3 Å². The number of non-ortho nitro benzene ring substituents is 1. The maximum absolute atomic E-state index is 12.3. The highest BCUT2D eigenvalue weighted by Gasteiger charge is 2.18. The largest absolute Gasteiger partial charge is 0.515 e. The van der Waals surface area contributed by atoms with Crippen LogP contribution in [0.1, 0.15) is 58.8 Å². The highest BCUT2D eigenvalue weighted by molar-refractivity contribution is 5.76. The third kappa shape index (κ3) is 13.6. The van der Waals surface area contributed by atoms with Crippen LogP contribution in [0, 0.1) is 16.0 Å². The van der Waals surface area contributed by atoms with Crippen molar-refractivity contribution >= 4 is 17.7 Å². The molecule has 1 amide bonds.